The predicted molar refractivity (Wildman–Crippen MR) is 133 cm³/mol. The van der Waals surface area contributed by atoms with Gasteiger partial charge in [-0.25, -0.2) is 0 Å². The van der Waals surface area contributed by atoms with Crippen molar-refractivity contribution in [2.45, 2.75) is 20.8 Å². The first kappa shape index (κ1) is 24.6. The van der Waals surface area contributed by atoms with Crippen LogP contribution in [0, 0.1) is 5.92 Å². The van der Waals surface area contributed by atoms with Gasteiger partial charge < -0.3 is 24.8 Å². The summed E-state index contributed by atoms with van der Waals surface area (Å²) in [6.45, 7) is 6.68. The van der Waals surface area contributed by atoms with Crippen LogP contribution in [0.5, 0.6) is 17.2 Å². The highest BCUT2D eigenvalue weighted by Crippen LogP contribution is 2.29. The van der Waals surface area contributed by atoms with Gasteiger partial charge in [0.25, 0.3) is 5.91 Å². The van der Waals surface area contributed by atoms with Crippen molar-refractivity contribution in [2.75, 3.05) is 30.5 Å². The van der Waals surface area contributed by atoms with Crippen LogP contribution >= 0.6 is 0 Å². The SMILES string of the molecule is CCOc1cc(C(=O)Nc2ccc(NC(=O)C(C)C)cc2)ccc1OCCOc1ccccc1. The van der Waals surface area contributed by atoms with Crippen LogP contribution < -0.4 is 24.8 Å². The van der Waals surface area contributed by atoms with Gasteiger partial charge in [0.05, 0.1) is 6.61 Å². The highest BCUT2D eigenvalue weighted by Gasteiger charge is 2.13. The van der Waals surface area contributed by atoms with Crippen LogP contribution in [0.25, 0.3) is 0 Å². The van der Waals surface area contributed by atoms with E-state index < -0.39 is 0 Å². The van der Waals surface area contributed by atoms with Gasteiger partial charge in [0.15, 0.2) is 11.5 Å². The summed E-state index contributed by atoms with van der Waals surface area (Å²) in [6.07, 6.45) is 0. The molecule has 0 bridgehead atoms. The van der Waals surface area contributed by atoms with Crippen LogP contribution in [-0.2, 0) is 4.79 Å². The third kappa shape index (κ3) is 7.27. The van der Waals surface area contributed by atoms with Gasteiger partial charge in [0.1, 0.15) is 19.0 Å². The van der Waals surface area contributed by atoms with E-state index in [0.29, 0.717) is 48.3 Å². The maximum atomic E-state index is 12.8. The number of benzene rings is 3. The molecule has 2 N–H and O–H groups in total. The number of hydrogen-bond acceptors (Lipinski definition) is 5. The average molecular weight is 463 g/mol. The lowest BCUT2D eigenvalue weighted by Crippen LogP contribution is -2.17. The maximum absolute atomic E-state index is 12.8. The fourth-order valence-corrected chi connectivity index (χ4v) is 2.99. The van der Waals surface area contributed by atoms with Gasteiger partial charge >= 0.3 is 0 Å². The van der Waals surface area contributed by atoms with Crippen LogP contribution in [0.15, 0.2) is 72.8 Å². The van der Waals surface area contributed by atoms with Crippen molar-refractivity contribution < 1.29 is 23.8 Å². The van der Waals surface area contributed by atoms with Crippen LogP contribution in [-0.4, -0.2) is 31.6 Å². The Morgan fingerprint density at radius 2 is 1.41 bits per heavy atom. The van der Waals surface area contributed by atoms with Crippen molar-refractivity contribution in [3.63, 3.8) is 0 Å². The van der Waals surface area contributed by atoms with Crippen LogP contribution in [0.3, 0.4) is 0 Å². The second kappa shape index (κ2) is 12.3. The molecule has 0 atom stereocenters. The molecule has 0 saturated heterocycles. The Bertz CT molecular complexity index is 1080. The lowest BCUT2D eigenvalue weighted by atomic mass is 10.1. The molecule has 0 saturated carbocycles. The van der Waals surface area contributed by atoms with E-state index in [1.807, 2.05) is 51.1 Å². The zero-order chi connectivity index (χ0) is 24.3. The van der Waals surface area contributed by atoms with Gasteiger partial charge in [-0.1, -0.05) is 32.0 Å². The van der Waals surface area contributed by atoms with Crippen molar-refractivity contribution in [3.8, 4) is 17.2 Å². The summed E-state index contributed by atoms with van der Waals surface area (Å²) >= 11 is 0. The first-order chi connectivity index (χ1) is 16.5. The number of carbonyl (C=O) groups excluding carboxylic acids is 2. The van der Waals surface area contributed by atoms with Crippen LogP contribution in [0.1, 0.15) is 31.1 Å². The summed E-state index contributed by atoms with van der Waals surface area (Å²) in [5, 5.41) is 5.67. The molecule has 0 aromatic heterocycles. The molecule has 3 aromatic rings. The average Bonchev–Trinajstić information content (AvgIpc) is 2.84. The molecule has 34 heavy (non-hydrogen) atoms. The van der Waals surface area contributed by atoms with Gasteiger partial charge in [-0.15, -0.1) is 0 Å². The second-order valence-electron chi connectivity index (χ2n) is 7.78. The Labute approximate surface area is 200 Å². The molecule has 3 aromatic carbocycles. The Balaban J connectivity index is 1.58. The minimum Gasteiger partial charge on any atom is -0.490 e. The van der Waals surface area contributed by atoms with E-state index in [1.165, 1.54) is 0 Å². The summed E-state index contributed by atoms with van der Waals surface area (Å²) in [5.74, 6) is 1.36. The number of nitrogens with one attached hydrogen (secondary N) is 2. The Kier molecular flexibility index (Phi) is 8.91. The van der Waals surface area contributed by atoms with Crippen LogP contribution in [0.4, 0.5) is 11.4 Å². The van der Waals surface area contributed by atoms with E-state index in [4.69, 9.17) is 14.2 Å². The molecule has 0 aliphatic carbocycles. The van der Waals surface area contributed by atoms with E-state index in [-0.39, 0.29) is 17.7 Å². The Hall–Kier alpha value is -4.00. The third-order valence-electron chi connectivity index (χ3n) is 4.79. The van der Waals surface area contributed by atoms with Gasteiger partial charge in [0, 0.05) is 22.9 Å². The molecule has 0 spiro atoms. The fraction of sp³-hybridized carbons (Fsp3) is 0.259. The van der Waals surface area contributed by atoms with E-state index in [0.717, 1.165) is 5.75 Å². The fourth-order valence-electron chi connectivity index (χ4n) is 2.99. The summed E-state index contributed by atoms with van der Waals surface area (Å²) in [7, 11) is 0. The molecule has 7 nitrogen and oxygen atoms in total. The third-order valence-corrected chi connectivity index (χ3v) is 4.79. The second-order valence-corrected chi connectivity index (χ2v) is 7.78. The highest BCUT2D eigenvalue weighted by atomic mass is 16.5. The summed E-state index contributed by atoms with van der Waals surface area (Å²) in [6, 6.07) is 21.5. The molecule has 0 heterocycles. The van der Waals surface area contributed by atoms with Gasteiger partial charge in [-0.2, -0.15) is 0 Å². The zero-order valence-electron chi connectivity index (χ0n) is 19.7. The van der Waals surface area contributed by atoms with Crippen molar-refractivity contribution >= 4 is 23.2 Å². The molecule has 0 aliphatic rings. The number of para-hydroxylation sites is 1. The molecular weight excluding hydrogens is 432 g/mol. The highest BCUT2D eigenvalue weighted by molar-refractivity contribution is 6.04. The summed E-state index contributed by atoms with van der Waals surface area (Å²) < 4.78 is 17.1. The molecule has 3 rings (SSSR count). The lowest BCUT2D eigenvalue weighted by Gasteiger charge is -2.14. The largest absolute Gasteiger partial charge is 0.490 e. The topological polar surface area (TPSA) is 85.9 Å². The molecule has 2 amide bonds. The Morgan fingerprint density at radius 3 is 2.06 bits per heavy atom. The quantitative estimate of drug-likeness (QED) is 0.373. The Morgan fingerprint density at radius 1 is 0.765 bits per heavy atom. The molecule has 0 radical (unpaired) electrons. The number of ether oxygens (including phenoxy) is 3. The van der Waals surface area contributed by atoms with Gasteiger partial charge in [0.2, 0.25) is 5.91 Å². The van der Waals surface area contributed by atoms with Gasteiger partial charge in [-0.05, 0) is 61.5 Å². The summed E-state index contributed by atoms with van der Waals surface area (Å²) in [5.41, 5.74) is 1.73. The first-order valence-corrected chi connectivity index (χ1v) is 11.3. The number of carbonyl (C=O) groups is 2. The minimum absolute atomic E-state index is 0.0609. The maximum Gasteiger partial charge on any atom is 0.255 e. The number of rotatable bonds is 11. The number of hydrogen-bond donors (Lipinski definition) is 2. The molecule has 0 fully saturated rings. The molecular formula is C27H30N2O5. The van der Waals surface area contributed by atoms with Crippen LogP contribution in [0.2, 0.25) is 0 Å². The summed E-state index contributed by atoms with van der Waals surface area (Å²) in [4.78, 5) is 24.6. The lowest BCUT2D eigenvalue weighted by molar-refractivity contribution is -0.118. The molecule has 0 unspecified atom stereocenters. The van der Waals surface area contributed by atoms with Crippen molar-refractivity contribution in [3.05, 3.63) is 78.4 Å². The molecule has 178 valence electrons. The van der Waals surface area contributed by atoms with Crippen molar-refractivity contribution in [2.24, 2.45) is 5.92 Å². The van der Waals surface area contributed by atoms with E-state index in [9.17, 15) is 9.59 Å². The minimum atomic E-state index is -0.279. The first-order valence-electron chi connectivity index (χ1n) is 11.3. The van der Waals surface area contributed by atoms with E-state index in [1.54, 1.807) is 42.5 Å². The molecule has 0 aliphatic heterocycles. The van der Waals surface area contributed by atoms with E-state index in [2.05, 4.69) is 10.6 Å². The monoisotopic (exact) mass is 462 g/mol. The smallest absolute Gasteiger partial charge is 0.255 e. The standard InChI is InChI=1S/C27H30N2O5/c1-4-32-25-18-20(10-15-24(25)34-17-16-33-23-8-6-5-7-9-23)27(31)29-22-13-11-21(12-14-22)28-26(30)19(2)3/h5-15,18-19H,4,16-17H2,1-3H3,(H,28,30)(H,29,31). The van der Waals surface area contributed by atoms with Crippen molar-refractivity contribution in [1.29, 1.82) is 0 Å². The van der Waals surface area contributed by atoms with Gasteiger partial charge in [-0.3, -0.25) is 9.59 Å². The van der Waals surface area contributed by atoms with Crippen molar-refractivity contribution in [1.82, 2.24) is 0 Å². The number of amides is 2. The van der Waals surface area contributed by atoms with E-state index >= 15 is 0 Å². The predicted octanol–water partition coefficient (Wildman–Crippen LogP) is 5.39. The zero-order valence-corrected chi connectivity index (χ0v) is 19.7. The normalized spacial score (nSPS) is 10.5. The molecule has 7 heteroatoms. The number of anilines is 2.